The van der Waals surface area contributed by atoms with Gasteiger partial charge < -0.3 is 14.8 Å². The van der Waals surface area contributed by atoms with E-state index in [2.05, 4.69) is 9.98 Å². The van der Waals surface area contributed by atoms with E-state index < -0.39 is 5.82 Å². The van der Waals surface area contributed by atoms with Gasteiger partial charge in [0.2, 0.25) is 0 Å². The SMILES string of the molecule is COc1ccc2[nH]c(O)c(C=Nc3ccc(F)c(Cl)c3)c2c1. The fraction of sp³-hybridized carbons (Fsp3) is 0.0625. The molecule has 0 aliphatic heterocycles. The zero-order valence-electron chi connectivity index (χ0n) is 11.6. The van der Waals surface area contributed by atoms with Gasteiger partial charge in [-0.05, 0) is 36.4 Å². The van der Waals surface area contributed by atoms with Crippen molar-refractivity contribution in [1.29, 1.82) is 0 Å². The van der Waals surface area contributed by atoms with Crippen LogP contribution in [0.5, 0.6) is 11.6 Å². The third-order valence-electron chi connectivity index (χ3n) is 3.27. The van der Waals surface area contributed by atoms with Gasteiger partial charge in [-0.2, -0.15) is 0 Å². The van der Waals surface area contributed by atoms with Crippen molar-refractivity contribution in [2.24, 2.45) is 4.99 Å². The first-order valence-corrected chi connectivity index (χ1v) is 6.84. The van der Waals surface area contributed by atoms with Gasteiger partial charge in [0.1, 0.15) is 11.6 Å². The van der Waals surface area contributed by atoms with Crippen molar-refractivity contribution in [2.75, 3.05) is 7.11 Å². The first-order chi connectivity index (χ1) is 10.6. The largest absolute Gasteiger partial charge is 0.497 e. The van der Waals surface area contributed by atoms with Crippen LogP contribution in [0.3, 0.4) is 0 Å². The highest BCUT2D eigenvalue weighted by Crippen LogP contribution is 2.29. The lowest BCUT2D eigenvalue weighted by Crippen LogP contribution is -1.83. The van der Waals surface area contributed by atoms with Gasteiger partial charge >= 0.3 is 0 Å². The summed E-state index contributed by atoms with van der Waals surface area (Å²) in [6.07, 6.45) is 1.50. The first-order valence-electron chi connectivity index (χ1n) is 6.46. The Morgan fingerprint density at radius 2 is 2.09 bits per heavy atom. The summed E-state index contributed by atoms with van der Waals surface area (Å²) in [5, 5.41) is 10.8. The number of nitrogens with one attached hydrogen (secondary N) is 1. The van der Waals surface area contributed by atoms with E-state index in [9.17, 15) is 9.50 Å². The van der Waals surface area contributed by atoms with Crippen molar-refractivity contribution in [2.45, 2.75) is 0 Å². The number of benzene rings is 2. The Kier molecular flexibility index (Phi) is 3.73. The number of fused-ring (bicyclic) bond motifs is 1. The molecule has 0 unspecified atom stereocenters. The lowest BCUT2D eigenvalue weighted by atomic mass is 10.1. The summed E-state index contributed by atoms with van der Waals surface area (Å²) in [7, 11) is 1.57. The van der Waals surface area contributed by atoms with Crippen LogP contribution in [0.1, 0.15) is 5.56 Å². The van der Waals surface area contributed by atoms with Crippen molar-refractivity contribution in [3.05, 3.63) is 52.8 Å². The molecular weight excluding hydrogens is 307 g/mol. The Balaban J connectivity index is 2.03. The number of ether oxygens (including phenoxy) is 1. The van der Waals surface area contributed by atoms with Gasteiger partial charge in [0.05, 0.1) is 23.4 Å². The molecule has 0 atom stereocenters. The van der Waals surface area contributed by atoms with Gasteiger partial charge in [0.25, 0.3) is 0 Å². The van der Waals surface area contributed by atoms with E-state index in [0.29, 0.717) is 17.0 Å². The van der Waals surface area contributed by atoms with Crippen LogP contribution in [0, 0.1) is 5.82 Å². The molecule has 1 aromatic heterocycles. The third-order valence-corrected chi connectivity index (χ3v) is 3.56. The minimum atomic E-state index is -0.500. The topological polar surface area (TPSA) is 57.6 Å². The molecule has 0 spiro atoms. The Labute approximate surface area is 130 Å². The van der Waals surface area contributed by atoms with Crippen molar-refractivity contribution >= 4 is 34.4 Å². The lowest BCUT2D eigenvalue weighted by Gasteiger charge is -1.99. The molecule has 0 fully saturated rings. The number of hydrogen-bond acceptors (Lipinski definition) is 3. The summed E-state index contributed by atoms with van der Waals surface area (Å²) in [5.41, 5.74) is 1.77. The number of nitrogens with zero attached hydrogens (tertiary/aromatic N) is 1. The van der Waals surface area contributed by atoms with Gasteiger partial charge in [-0.3, -0.25) is 4.99 Å². The maximum absolute atomic E-state index is 13.1. The predicted molar refractivity (Wildman–Crippen MR) is 85.2 cm³/mol. The zero-order chi connectivity index (χ0) is 15.7. The predicted octanol–water partition coefficient (Wildman–Crippen LogP) is 4.43. The number of halogens is 2. The Bertz CT molecular complexity index is 874. The normalized spacial score (nSPS) is 11.4. The van der Waals surface area contributed by atoms with Gasteiger partial charge in [-0.25, -0.2) is 4.39 Å². The van der Waals surface area contributed by atoms with Crippen LogP contribution in [0.4, 0.5) is 10.1 Å². The van der Waals surface area contributed by atoms with Crippen molar-refractivity contribution < 1.29 is 14.2 Å². The molecule has 6 heteroatoms. The van der Waals surface area contributed by atoms with E-state index in [1.165, 1.54) is 24.4 Å². The Morgan fingerprint density at radius 3 is 2.82 bits per heavy atom. The summed E-state index contributed by atoms with van der Waals surface area (Å²) >= 11 is 5.72. The molecule has 3 rings (SSSR count). The lowest BCUT2D eigenvalue weighted by molar-refractivity contribution is 0.415. The molecule has 2 N–H and O–H groups in total. The molecule has 0 saturated carbocycles. The van der Waals surface area contributed by atoms with E-state index in [4.69, 9.17) is 16.3 Å². The monoisotopic (exact) mass is 318 g/mol. The minimum Gasteiger partial charge on any atom is -0.497 e. The summed E-state index contributed by atoms with van der Waals surface area (Å²) in [6.45, 7) is 0. The Hall–Kier alpha value is -2.53. The maximum atomic E-state index is 13.1. The average molecular weight is 319 g/mol. The number of aromatic amines is 1. The molecule has 112 valence electrons. The summed E-state index contributed by atoms with van der Waals surface area (Å²) in [5.74, 6) is 0.173. The molecule has 0 bridgehead atoms. The van der Waals surface area contributed by atoms with Gasteiger partial charge in [-0.1, -0.05) is 11.6 Å². The van der Waals surface area contributed by atoms with Crippen molar-refractivity contribution in [3.63, 3.8) is 0 Å². The maximum Gasteiger partial charge on any atom is 0.198 e. The molecule has 3 aromatic rings. The number of rotatable bonds is 3. The molecule has 0 radical (unpaired) electrons. The average Bonchev–Trinajstić information content (AvgIpc) is 2.83. The number of aromatic nitrogens is 1. The van der Waals surface area contributed by atoms with E-state index in [1.807, 2.05) is 0 Å². The highest BCUT2D eigenvalue weighted by molar-refractivity contribution is 6.31. The van der Waals surface area contributed by atoms with Gasteiger partial charge in [-0.15, -0.1) is 0 Å². The highest BCUT2D eigenvalue weighted by atomic mass is 35.5. The molecule has 22 heavy (non-hydrogen) atoms. The van der Waals surface area contributed by atoms with Crippen LogP contribution in [-0.2, 0) is 0 Å². The van der Waals surface area contributed by atoms with Gasteiger partial charge in [0, 0.05) is 17.1 Å². The molecule has 1 heterocycles. The number of aliphatic imine (C=N–C) groups is 1. The summed E-state index contributed by atoms with van der Waals surface area (Å²) in [4.78, 5) is 7.08. The standard InChI is InChI=1S/C16H12ClFN2O2/c1-22-10-3-5-15-11(7-10)12(16(21)20-15)8-19-9-2-4-14(18)13(17)6-9/h2-8,20-21H,1H3. The molecule has 0 saturated heterocycles. The Morgan fingerprint density at radius 1 is 1.27 bits per heavy atom. The second-order valence-corrected chi connectivity index (χ2v) is 5.06. The van der Waals surface area contributed by atoms with E-state index in [1.54, 1.807) is 25.3 Å². The van der Waals surface area contributed by atoms with Crippen LogP contribution in [0.25, 0.3) is 10.9 Å². The van der Waals surface area contributed by atoms with Crippen molar-refractivity contribution in [3.8, 4) is 11.6 Å². The first kappa shape index (κ1) is 14.4. The number of aromatic hydroxyl groups is 1. The summed E-state index contributed by atoms with van der Waals surface area (Å²) in [6, 6.07) is 9.56. The molecule has 0 aliphatic carbocycles. The van der Waals surface area contributed by atoms with Crippen molar-refractivity contribution in [1.82, 2.24) is 4.98 Å². The van der Waals surface area contributed by atoms with E-state index >= 15 is 0 Å². The number of H-pyrrole nitrogens is 1. The van der Waals surface area contributed by atoms with Crippen LogP contribution >= 0.6 is 11.6 Å². The minimum absolute atomic E-state index is 0.000196. The third kappa shape index (κ3) is 2.63. The molecule has 2 aromatic carbocycles. The fourth-order valence-electron chi connectivity index (χ4n) is 2.14. The number of hydrogen-bond donors (Lipinski definition) is 2. The van der Waals surface area contributed by atoms with Crippen LogP contribution in [-0.4, -0.2) is 23.4 Å². The molecule has 0 aliphatic rings. The zero-order valence-corrected chi connectivity index (χ0v) is 12.4. The molecule has 0 amide bonds. The van der Waals surface area contributed by atoms with E-state index in [-0.39, 0.29) is 10.9 Å². The smallest absolute Gasteiger partial charge is 0.198 e. The van der Waals surface area contributed by atoms with Crippen LogP contribution in [0.15, 0.2) is 41.4 Å². The fourth-order valence-corrected chi connectivity index (χ4v) is 2.31. The van der Waals surface area contributed by atoms with Gasteiger partial charge in [0.15, 0.2) is 5.88 Å². The second-order valence-electron chi connectivity index (χ2n) is 4.66. The molecular formula is C16H12ClFN2O2. The van der Waals surface area contributed by atoms with E-state index in [0.717, 1.165) is 10.9 Å². The molecule has 4 nitrogen and oxygen atoms in total. The second kappa shape index (κ2) is 5.69. The summed E-state index contributed by atoms with van der Waals surface area (Å²) < 4.78 is 18.3. The van der Waals surface area contributed by atoms with Crippen LogP contribution < -0.4 is 4.74 Å². The number of methoxy groups -OCH3 is 1. The highest BCUT2D eigenvalue weighted by Gasteiger charge is 2.10. The van der Waals surface area contributed by atoms with Crippen LogP contribution in [0.2, 0.25) is 5.02 Å². The quantitative estimate of drug-likeness (QED) is 0.702.